The van der Waals surface area contributed by atoms with Crippen LogP contribution in [-0.2, 0) is 11.2 Å². The van der Waals surface area contributed by atoms with Crippen molar-refractivity contribution in [1.82, 2.24) is 5.32 Å². The summed E-state index contributed by atoms with van der Waals surface area (Å²) >= 11 is 0. The highest BCUT2D eigenvalue weighted by Gasteiger charge is 2.33. The molecule has 218 valence electrons. The lowest BCUT2D eigenvalue weighted by molar-refractivity contribution is -0.111. The van der Waals surface area contributed by atoms with Crippen LogP contribution in [0, 0.1) is 5.82 Å². The summed E-state index contributed by atoms with van der Waals surface area (Å²) in [7, 11) is 0. The summed E-state index contributed by atoms with van der Waals surface area (Å²) in [6.07, 6.45) is 0.683. The molecule has 0 bridgehead atoms. The Kier molecular flexibility index (Phi) is 10.4. The highest BCUT2D eigenvalue weighted by molar-refractivity contribution is 6.29. The van der Waals surface area contributed by atoms with E-state index in [1.807, 2.05) is 12.1 Å². The lowest BCUT2D eigenvalue weighted by Crippen LogP contribution is -2.54. The zero-order valence-electron chi connectivity index (χ0n) is 21.9. The van der Waals surface area contributed by atoms with Crippen LogP contribution in [0.1, 0.15) is 47.8 Å². The Morgan fingerprint density at radius 1 is 0.878 bits per heavy atom. The van der Waals surface area contributed by atoms with E-state index in [9.17, 15) is 31.5 Å². The second-order valence-electron chi connectivity index (χ2n) is 9.83. The average molecular weight is 573 g/mol. The van der Waals surface area contributed by atoms with Crippen molar-refractivity contribution in [3.05, 3.63) is 88.7 Å². The number of alkyl halides is 4. The molecule has 3 aromatic carbocycles. The Morgan fingerprint density at radius 2 is 1.56 bits per heavy atom. The molecule has 2 N–H and O–H groups in total. The average Bonchev–Trinajstić information content (AvgIpc) is 3.35. The molecule has 0 aromatic heterocycles. The summed E-state index contributed by atoms with van der Waals surface area (Å²) in [5.74, 6) is -1.40. The molecule has 0 fully saturated rings. The van der Waals surface area contributed by atoms with Gasteiger partial charge in [-0.05, 0) is 84.0 Å². The van der Waals surface area contributed by atoms with Crippen LogP contribution in [0.3, 0.4) is 0 Å². The van der Waals surface area contributed by atoms with Crippen LogP contribution < -0.4 is 10.6 Å². The van der Waals surface area contributed by atoms with E-state index in [1.54, 1.807) is 24.3 Å². The molecule has 0 aliphatic heterocycles. The second-order valence-corrected chi connectivity index (χ2v) is 9.83. The first-order chi connectivity index (χ1) is 19.3. The highest BCUT2D eigenvalue weighted by atomic mass is 19.2. The van der Waals surface area contributed by atoms with E-state index in [4.69, 9.17) is 0 Å². The van der Waals surface area contributed by atoms with Crippen LogP contribution in [0.5, 0.6) is 0 Å². The molecule has 1 aliphatic carbocycles. The maximum absolute atomic E-state index is 13.6. The van der Waals surface area contributed by atoms with Gasteiger partial charge in [0.2, 0.25) is 0 Å². The molecule has 9 heteroatoms. The fourth-order valence-electron chi connectivity index (χ4n) is 4.79. The number of amides is 1. The third-order valence-electron chi connectivity index (χ3n) is 6.93. The van der Waals surface area contributed by atoms with Crippen LogP contribution >= 0.6 is 0 Å². The van der Waals surface area contributed by atoms with E-state index in [-0.39, 0.29) is 25.2 Å². The van der Waals surface area contributed by atoms with Gasteiger partial charge in [-0.1, -0.05) is 31.7 Å². The fourth-order valence-corrected chi connectivity index (χ4v) is 4.79. The number of rotatable bonds is 12. The van der Waals surface area contributed by atoms with Crippen LogP contribution in [0.15, 0.2) is 60.7 Å². The minimum Gasteiger partial charge on any atom is -0.384 e. The molecule has 0 saturated heterocycles. The number of Topliss-reactive ketones (excluding diaryl/α,β-unsaturated/α-hetero) is 1. The monoisotopic (exact) mass is 572 g/mol. The quantitative estimate of drug-likeness (QED) is 0.177. The number of hydrogen-bond donors (Lipinski definition) is 2. The molecule has 1 aliphatic rings. The number of benzene rings is 3. The van der Waals surface area contributed by atoms with Crippen LogP contribution in [0.4, 0.5) is 27.6 Å². The number of nitrogens with one attached hydrogen (secondary N) is 2. The first-order valence-corrected chi connectivity index (χ1v) is 12.8. The number of ketones is 1. The van der Waals surface area contributed by atoms with Crippen molar-refractivity contribution < 1.29 is 31.5 Å². The number of carbonyl (C=O) groups excluding carboxylic acids is 2. The van der Waals surface area contributed by atoms with Gasteiger partial charge in [0.05, 0.1) is 6.67 Å². The van der Waals surface area contributed by atoms with Gasteiger partial charge in [0.1, 0.15) is 31.4 Å². The molecule has 0 heterocycles. The molecule has 0 atom stereocenters. The van der Waals surface area contributed by atoms with Gasteiger partial charge in [-0.15, -0.1) is 0 Å². The fraction of sp³-hybridized carbons (Fsp3) is 0.312. The summed E-state index contributed by atoms with van der Waals surface area (Å²) in [6, 6.07) is 15.8. The van der Waals surface area contributed by atoms with Gasteiger partial charge in [-0.25, -0.2) is 17.6 Å². The number of carbonyl (C=O) groups is 2. The van der Waals surface area contributed by atoms with E-state index in [1.165, 1.54) is 31.2 Å². The predicted octanol–water partition coefficient (Wildman–Crippen LogP) is 7.33. The molecule has 4 rings (SSSR count). The molecule has 0 unspecified atom stereocenters. The first-order valence-electron chi connectivity index (χ1n) is 12.8. The smallest absolute Gasteiger partial charge is 0.251 e. The molecular formula is C32H33F5N2O2. The van der Waals surface area contributed by atoms with Crippen molar-refractivity contribution in [1.29, 1.82) is 0 Å². The van der Waals surface area contributed by atoms with E-state index in [2.05, 4.69) is 10.6 Å². The predicted molar refractivity (Wildman–Crippen MR) is 153 cm³/mol. The molecule has 0 radical (unpaired) electrons. The molecule has 41 heavy (non-hydrogen) atoms. The Bertz CT molecular complexity index is 1420. The molecule has 0 spiro atoms. The summed E-state index contributed by atoms with van der Waals surface area (Å²) in [5.41, 5.74) is 3.09. The minimum absolute atomic E-state index is 0. The van der Waals surface area contributed by atoms with E-state index in [0.717, 1.165) is 11.1 Å². The number of allylic oxidation sites excluding steroid dienone is 2. The van der Waals surface area contributed by atoms with E-state index < -0.39 is 44.0 Å². The van der Waals surface area contributed by atoms with Crippen LogP contribution in [0.25, 0.3) is 22.3 Å². The van der Waals surface area contributed by atoms with Crippen LogP contribution in [0.2, 0.25) is 0 Å². The molecule has 0 saturated carbocycles. The lowest BCUT2D eigenvalue weighted by atomic mass is 9.93. The van der Waals surface area contributed by atoms with Crippen LogP contribution in [-0.4, -0.2) is 50.5 Å². The molecule has 3 aromatic rings. The Balaban J connectivity index is 0.00000462. The number of anilines is 1. The SMILES string of the molecule is C.CC(=O)C1=C(c2ccc(F)cc2)Cc2cc(NCCCF)c(-c3cccc(C(=O)NC(CF)(CF)CF)c3)cc21. The summed E-state index contributed by atoms with van der Waals surface area (Å²) in [5, 5.41) is 5.34. The van der Waals surface area contributed by atoms with Gasteiger partial charge in [-0.2, -0.15) is 0 Å². The van der Waals surface area contributed by atoms with Gasteiger partial charge in [0.15, 0.2) is 5.78 Å². The summed E-state index contributed by atoms with van der Waals surface area (Å²) < 4.78 is 66.5. The standard InChI is InChI=1S/C31H29F5N2O2.CH4/c1-19(39)29-26(20-6-8-24(36)9-7-20)13-23-14-28(37-11-3-10-32)25(15-27(23)29)21-4-2-5-22(12-21)30(40)38-31(16-33,17-34)18-35;/h2,4-9,12,14-15,37H,3,10-11,13,16-18H2,1H3,(H,38,40);1H4. The van der Waals surface area contributed by atoms with Gasteiger partial charge in [-0.3, -0.25) is 14.0 Å². The molecular weight excluding hydrogens is 539 g/mol. The molecule has 1 amide bonds. The lowest BCUT2D eigenvalue weighted by Gasteiger charge is -2.25. The summed E-state index contributed by atoms with van der Waals surface area (Å²) in [4.78, 5) is 25.7. The van der Waals surface area contributed by atoms with Crippen molar-refractivity contribution in [2.24, 2.45) is 0 Å². The van der Waals surface area contributed by atoms with Gasteiger partial charge >= 0.3 is 0 Å². The number of halogens is 5. The number of fused-ring (bicyclic) bond motifs is 1. The third-order valence-corrected chi connectivity index (χ3v) is 6.93. The van der Waals surface area contributed by atoms with Gasteiger partial charge in [0.25, 0.3) is 5.91 Å². The number of hydrogen-bond acceptors (Lipinski definition) is 3. The van der Waals surface area contributed by atoms with E-state index in [0.29, 0.717) is 46.5 Å². The van der Waals surface area contributed by atoms with Crippen molar-refractivity contribution >= 4 is 28.5 Å². The zero-order chi connectivity index (χ0) is 28.9. The van der Waals surface area contributed by atoms with Crippen molar-refractivity contribution in [2.75, 3.05) is 38.6 Å². The van der Waals surface area contributed by atoms with Gasteiger partial charge in [0, 0.05) is 28.9 Å². The maximum Gasteiger partial charge on any atom is 0.251 e. The first kappa shape index (κ1) is 31.5. The van der Waals surface area contributed by atoms with Crippen molar-refractivity contribution in [2.45, 2.75) is 32.7 Å². The van der Waals surface area contributed by atoms with E-state index >= 15 is 0 Å². The maximum atomic E-state index is 13.6. The van der Waals surface area contributed by atoms with Crippen molar-refractivity contribution in [3.63, 3.8) is 0 Å². The minimum atomic E-state index is -2.25. The topological polar surface area (TPSA) is 58.2 Å². The Morgan fingerprint density at radius 3 is 2.17 bits per heavy atom. The normalized spacial score (nSPS) is 12.5. The molecule has 4 nitrogen and oxygen atoms in total. The van der Waals surface area contributed by atoms with Crippen molar-refractivity contribution in [3.8, 4) is 11.1 Å². The Hall–Kier alpha value is -4.01. The van der Waals surface area contributed by atoms with Gasteiger partial charge < -0.3 is 10.6 Å². The third kappa shape index (κ3) is 6.66. The zero-order valence-corrected chi connectivity index (χ0v) is 21.9. The summed E-state index contributed by atoms with van der Waals surface area (Å²) in [6.45, 7) is -2.96. The second kappa shape index (κ2) is 13.6. The largest absolute Gasteiger partial charge is 0.384 e. The highest BCUT2D eigenvalue weighted by Crippen LogP contribution is 2.43. The Labute approximate surface area is 236 Å².